The molecular formula is C19H20N2O2S. The van der Waals surface area contributed by atoms with Gasteiger partial charge in [-0.2, -0.15) is 0 Å². The number of amides is 2. The lowest BCUT2D eigenvalue weighted by molar-refractivity contribution is -0.120. The van der Waals surface area contributed by atoms with Gasteiger partial charge < -0.3 is 10.6 Å². The van der Waals surface area contributed by atoms with Gasteiger partial charge in [0.2, 0.25) is 11.8 Å². The molecule has 0 radical (unpaired) electrons. The highest BCUT2D eigenvalue weighted by atomic mass is 32.2. The van der Waals surface area contributed by atoms with E-state index in [-0.39, 0.29) is 11.8 Å². The van der Waals surface area contributed by atoms with Gasteiger partial charge in [0.25, 0.3) is 0 Å². The number of anilines is 1. The first kappa shape index (κ1) is 16.6. The Kier molecular flexibility index (Phi) is 5.20. The molecule has 24 heavy (non-hydrogen) atoms. The maximum absolute atomic E-state index is 12.1. The minimum Gasteiger partial charge on any atom is -0.355 e. The fourth-order valence-electron chi connectivity index (χ4n) is 2.68. The lowest BCUT2D eigenvalue weighted by atomic mass is 10.1. The molecule has 0 aliphatic carbocycles. The molecule has 2 N–H and O–H groups in total. The maximum Gasteiger partial charge on any atom is 0.234 e. The molecule has 0 spiro atoms. The van der Waals surface area contributed by atoms with Crippen molar-refractivity contribution in [2.45, 2.75) is 24.7 Å². The highest BCUT2D eigenvalue weighted by Crippen LogP contribution is 2.31. The van der Waals surface area contributed by atoms with E-state index in [1.807, 2.05) is 43.3 Å². The second-order valence-corrected chi connectivity index (χ2v) is 6.89. The van der Waals surface area contributed by atoms with Crippen molar-refractivity contribution in [1.82, 2.24) is 5.32 Å². The molecule has 124 valence electrons. The zero-order valence-electron chi connectivity index (χ0n) is 13.6. The molecule has 5 heteroatoms. The number of rotatable bonds is 5. The molecule has 4 nitrogen and oxygen atoms in total. The standard InChI is InChI=1S/C19H20N2O2S/c1-13-4-2-3-5-15(13)11-18(22)20-9-8-14-6-7-17-16(10-14)21-19(23)12-24-17/h2-7,10H,8-9,11-12H2,1H3,(H,20,22)(H,21,23). The smallest absolute Gasteiger partial charge is 0.234 e. The van der Waals surface area contributed by atoms with Crippen molar-refractivity contribution in [3.8, 4) is 0 Å². The van der Waals surface area contributed by atoms with Gasteiger partial charge in [0.15, 0.2) is 0 Å². The van der Waals surface area contributed by atoms with Crippen LogP contribution < -0.4 is 10.6 Å². The summed E-state index contributed by atoms with van der Waals surface area (Å²) < 4.78 is 0. The van der Waals surface area contributed by atoms with Gasteiger partial charge >= 0.3 is 0 Å². The van der Waals surface area contributed by atoms with Gasteiger partial charge in [0.1, 0.15) is 0 Å². The summed E-state index contributed by atoms with van der Waals surface area (Å²) in [6.07, 6.45) is 1.15. The molecule has 0 bridgehead atoms. The fraction of sp³-hybridized carbons (Fsp3) is 0.263. The van der Waals surface area contributed by atoms with Crippen LogP contribution in [0.2, 0.25) is 0 Å². The molecule has 2 aromatic rings. The molecule has 1 heterocycles. The van der Waals surface area contributed by atoms with Gasteiger partial charge in [-0.1, -0.05) is 30.3 Å². The average molecular weight is 340 g/mol. The van der Waals surface area contributed by atoms with Gasteiger partial charge in [-0.15, -0.1) is 11.8 Å². The van der Waals surface area contributed by atoms with Crippen LogP contribution in [0.3, 0.4) is 0 Å². The summed E-state index contributed by atoms with van der Waals surface area (Å²) in [5, 5.41) is 5.86. The van der Waals surface area contributed by atoms with Gasteiger partial charge in [-0.3, -0.25) is 9.59 Å². The highest BCUT2D eigenvalue weighted by molar-refractivity contribution is 8.00. The van der Waals surface area contributed by atoms with Crippen LogP contribution in [-0.4, -0.2) is 24.1 Å². The van der Waals surface area contributed by atoms with E-state index in [4.69, 9.17) is 0 Å². The molecule has 1 aliphatic heterocycles. The largest absolute Gasteiger partial charge is 0.355 e. The summed E-state index contributed by atoms with van der Waals surface area (Å²) in [6.45, 7) is 2.60. The number of nitrogens with one attached hydrogen (secondary N) is 2. The fourth-order valence-corrected chi connectivity index (χ4v) is 3.46. The number of carbonyl (C=O) groups is 2. The first-order chi connectivity index (χ1) is 11.6. The van der Waals surface area contributed by atoms with Crippen molar-refractivity contribution >= 4 is 29.3 Å². The van der Waals surface area contributed by atoms with E-state index in [1.165, 1.54) is 0 Å². The second-order valence-electron chi connectivity index (χ2n) is 5.87. The molecule has 0 saturated heterocycles. The lowest BCUT2D eigenvalue weighted by Crippen LogP contribution is -2.27. The Balaban J connectivity index is 1.51. The molecule has 1 aliphatic rings. The number of hydrogen-bond donors (Lipinski definition) is 2. The number of aryl methyl sites for hydroxylation is 1. The van der Waals surface area contributed by atoms with Crippen molar-refractivity contribution in [2.75, 3.05) is 17.6 Å². The molecule has 0 unspecified atom stereocenters. The Bertz CT molecular complexity index is 774. The summed E-state index contributed by atoms with van der Waals surface area (Å²) in [5.41, 5.74) is 4.17. The van der Waals surface area contributed by atoms with E-state index in [2.05, 4.69) is 16.7 Å². The third kappa shape index (κ3) is 4.17. The first-order valence-corrected chi connectivity index (χ1v) is 8.97. The predicted octanol–water partition coefficient (Wildman–Crippen LogP) is 2.94. The quantitative estimate of drug-likeness (QED) is 0.880. The average Bonchev–Trinajstić information content (AvgIpc) is 2.56. The highest BCUT2D eigenvalue weighted by Gasteiger charge is 2.15. The molecule has 0 saturated carbocycles. The summed E-state index contributed by atoms with van der Waals surface area (Å²) in [4.78, 5) is 24.6. The Morgan fingerprint density at radius 3 is 2.92 bits per heavy atom. The molecule has 3 rings (SSSR count). The minimum atomic E-state index is 0.0334. The zero-order chi connectivity index (χ0) is 16.9. The number of thioether (sulfide) groups is 1. The van der Waals surface area contributed by atoms with Gasteiger partial charge in [-0.05, 0) is 42.2 Å². The topological polar surface area (TPSA) is 58.2 Å². The predicted molar refractivity (Wildman–Crippen MR) is 97.4 cm³/mol. The monoisotopic (exact) mass is 340 g/mol. The van der Waals surface area contributed by atoms with Gasteiger partial charge in [-0.25, -0.2) is 0 Å². The van der Waals surface area contributed by atoms with Crippen LogP contribution in [0.4, 0.5) is 5.69 Å². The third-order valence-electron chi connectivity index (χ3n) is 4.02. The molecule has 0 atom stereocenters. The van der Waals surface area contributed by atoms with Crippen molar-refractivity contribution < 1.29 is 9.59 Å². The van der Waals surface area contributed by atoms with Crippen LogP contribution >= 0.6 is 11.8 Å². The van der Waals surface area contributed by atoms with E-state index < -0.39 is 0 Å². The molecule has 0 aromatic heterocycles. The van der Waals surface area contributed by atoms with E-state index in [0.29, 0.717) is 18.7 Å². The number of carbonyl (C=O) groups excluding carboxylic acids is 2. The maximum atomic E-state index is 12.1. The number of benzene rings is 2. The molecular weight excluding hydrogens is 320 g/mol. The van der Waals surface area contributed by atoms with Crippen molar-refractivity contribution in [1.29, 1.82) is 0 Å². The summed E-state index contributed by atoms with van der Waals surface area (Å²) >= 11 is 1.56. The SMILES string of the molecule is Cc1ccccc1CC(=O)NCCc1ccc2c(c1)NC(=O)CS2. The van der Waals surface area contributed by atoms with Crippen LogP contribution in [0.5, 0.6) is 0 Å². The lowest BCUT2D eigenvalue weighted by Gasteiger charge is -2.17. The number of hydrogen-bond acceptors (Lipinski definition) is 3. The Morgan fingerprint density at radius 2 is 2.08 bits per heavy atom. The minimum absolute atomic E-state index is 0.0334. The zero-order valence-corrected chi connectivity index (χ0v) is 14.4. The first-order valence-electron chi connectivity index (χ1n) is 7.98. The van der Waals surface area contributed by atoms with Crippen LogP contribution in [0.15, 0.2) is 47.4 Å². The second kappa shape index (κ2) is 7.53. The molecule has 2 aromatic carbocycles. The number of fused-ring (bicyclic) bond motifs is 1. The van der Waals surface area contributed by atoms with Crippen LogP contribution in [0.25, 0.3) is 0 Å². The summed E-state index contributed by atoms with van der Waals surface area (Å²) in [6, 6.07) is 14.0. The van der Waals surface area contributed by atoms with E-state index in [0.717, 1.165) is 33.7 Å². The Labute approximate surface area is 146 Å². The molecule has 0 fully saturated rings. The van der Waals surface area contributed by atoms with Crippen LogP contribution in [-0.2, 0) is 22.4 Å². The normalized spacial score (nSPS) is 13.1. The van der Waals surface area contributed by atoms with E-state index in [1.54, 1.807) is 11.8 Å². The Morgan fingerprint density at radius 1 is 1.25 bits per heavy atom. The van der Waals surface area contributed by atoms with Crippen LogP contribution in [0.1, 0.15) is 16.7 Å². The van der Waals surface area contributed by atoms with E-state index >= 15 is 0 Å². The van der Waals surface area contributed by atoms with Crippen molar-refractivity contribution in [3.05, 3.63) is 59.2 Å². The van der Waals surface area contributed by atoms with Gasteiger partial charge in [0, 0.05) is 11.4 Å². The van der Waals surface area contributed by atoms with Gasteiger partial charge in [0.05, 0.1) is 17.9 Å². The summed E-state index contributed by atoms with van der Waals surface area (Å²) in [5.74, 6) is 0.545. The van der Waals surface area contributed by atoms with E-state index in [9.17, 15) is 9.59 Å². The van der Waals surface area contributed by atoms with Crippen molar-refractivity contribution in [2.24, 2.45) is 0 Å². The molecule has 2 amide bonds. The van der Waals surface area contributed by atoms with Crippen LogP contribution in [0, 0.1) is 6.92 Å². The summed E-state index contributed by atoms with van der Waals surface area (Å²) in [7, 11) is 0. The third-order valence-corrected chi connectivity index (χ3v) is 5.10. The Hall–Kier alpha value is -2.27. The van der Waals surface area contributed by atoms with Crippen molar-refractivity contribution in [3.63, 3.8) is 0 Å².